The van der Waals surface area contributed by atoms with E-state index in [-0.39, 0.29) is 24.9 Å². The second-order valence-electron chi connectivity index (χ2n) is 8.48. The third kappa shape index (κ3) is 4.77. The monoisotopic (exact) mass is 448 g/mol. The lowest BCUT2D eigenvalue weighted by molar-refractivity contribution is -0.146. The Labute approximate surface area is 193 Å². The van der Waals surface area contributed by atoms with E-state index in [1.165, 1.54) is 0 Å². The number of nitrogens with zero attached hydrogens (tertiary/aromatic N) is 1. The predicted molar refractivity (Wildman–Crippen MR) is 124 cm³/mol. The van der Waals surface area contributed by atoms with Crippen LogP contribution in [0.4, 0.5) is 4.79 Å². The molecule has 1 saturated heterocycles. The Morgan fingerprint density at radius 1 is 1.06 bits per heavy atom. The molecule has 1 aliphatic heterocycles. The zero-order valence-corrected chi connectivity index (χ0v) is 18.4. The molecular weight excluding hydrogens is 420 g/mol. The summed E-state index contributed by atoms with van der Waals surface area (Å²) in [5.74, 6) is -1.57. The smallest absolute Gasteiger partial charge is 0.407 e. The van der Waals surface area contributed by atoms with Crippen LogP contribution >= 0.6 is 0 Å². The second-order valence-corrected chi connectivity index (χ2v) is 8.48. The number of likely N-dealkylation sites (tertiary alicyclic amines) is 1. The van der Waals surface area contributed by atoms with Crippen molar-refractivity contribution in [3.63, 3.8) is 0 Å². The summed E-state index contributed by atoms with van der Waals surface area (Å²) in [5.41, 5.74) is 4.52. The van der Waals surface area contributed by atoms with Crippen LogP contribution in [0.5, 0.6) is 0 Å². The summed E-state index contributed by atoms with van der Waals surface area (Å²) < 4.78 is 5.57. The maximum atomic E-state index is 12.9. The van der Waals surface area contributed by atoms with Crippen molar-refractivity contribution >= 4 is 18.0 Å². The number of aliphatic carboxylic acids is 1. The first-order valence-corrected chi connectivity index (χ1v) is 11.2. The van der Waals surface area contributed by atoms with Crippen molar-refractivity contribution in [2.45, 2.75) is 31.2 Å². The molecule has 0 saturated carbocycles. The minimum atomic E-state index is -0.832. The van der Waals surface area contributed by atoms with E-state index in [2.05, 4.69) is 24.0 Å². The van der Waals surface area contributed by atoms with E-state index >= 15 is 0 Å². The molecule has 33 heavy (non-hydrogen) atoms. The number of fused-ring (bicyclic) bond motifs is 3. The fourth-order valence-corrected chi connectivity index (χ4v) is 4.74. The average Bonchev–Trinajstić information content (AvgIpc) is 3.16. The van der Waals surface area contributed by atoms with Gasteiger partial charge in [-0.25, -0.2) is 4.79 Å². The Hall–Kier alpha value is -3.61. The van der Waals surface area contributed by atoms with Gasteiger partial charge in [-0.3, -0.25) is 9.59 Å². The lowest BCUT2D eigenvalue weighted by atomic mass is 9.96. The maximum absolute atomic E-state index is 12.9. The van der Waals surface area contributed by atoms with Gasteiger partial charge in [0.1, 0.15) is 12.6 Å². The molecule has 0 radical (unpaired) electrons. The molecule has 172 valence electrons. The minimum absolute atomic E-state index is 0.0632. The summed E-state index contributed by atoms with van der Waals surface area (Å²) in [5, 5.41) is 11.8. The van der Waals surface area contributed by atoms with Gasteiger partial charge in [-0.2, -0.15) is 0 Å². The summed E-state index contributed by atoms with van der Waals surface area (Å²) >= 11 is 0. The Kier molecular flexibility index (Phi) is 6.77. The molecule has 7 heteroatoms. The first kappa shape index (κ1) is 22.6. The molecule has 1 unspecified atom stereocenters. The molecule has 7 nitrogen and oxygen atoms in total. The molecule has 2 N–H and O–H groups in total. The summed E-state index contributed by atoms with van der Waals surface area (Å²) in [7, 11) is 0. The molecule has 4 rings (SSSR count). The number of alkyl carbamates (subject to hydrolysis) is 1. The third-order valence-corrected chi connectivity index (χ3v) is 6.49. The highest BCUT2D eigenvalue weighted by Crippen LogP contribution is 2.44. The molecular formula is C26H28N2O5. The van der Waals surface area contributed by atoms with Gasteiger partial charge in [-0.15, -0.1) is 6.58 Å². The summed E-state index contributed by atoms with van der Waals surface area (Å²) in [6.45, 7) is 4.57. The number of piperidine rings is 1. The number of amides is 2. The van der Waals surface area contributed by atoms with Crippen molar-refractivity contribution in [1.82, 2.24) is 10.2 Å². The van der Waals surface area contributed by atoms with Crippen LogP contribution in [0.25, 0.3) is 11.1 Å². The Balaban J connectivity index is 1.38. The van der Waals surface area contributed by atoms with Crippen molar-refractivity contribution in [2.75, 3.05) is 19.7 Å². The normalized spacial score (nSPS) is 16.4. The first-order valence-electron chi connectivity index (χ1n) is 11.2. The van der Waals surface area contributed by atoms with E-state index < -0.39 is 24.0 Å². The number of carbonyl (C=O) groups is 3. The molecule has 0 aromatic heterocycles. The molecule has 0 bridgehead atoms. The van der Waals surface area contributed by atoms with Crippen LogP contribution in [0.15, 0.2) is 61.2 Å². The maximum Gasteiger partial charge on any atom is 0.407 e. The number of hydrogen-bond acceptors (Lipinski definition) is 4. The van der Waals surface area contributed by atoms with Crippen molar-refractivity contribution < 1.29 is 24.2 Å². The Bertz CT molecular complexity index is 1010. The van der Waals surface area contributed by atoms with E-state index in [1.807, 2.05) is 36.4 Å². The van der Waals surface area contributed by atoms with Gasteiger partial charge >= 0.3 is 12.1 Å². The van der Waals surface area contributed by atoms with Gasteiger partial charge in [0.25, 0.3) is 0 Å². The second kappa shape index (κ2) is 9.90. The molecule has 0 spiro atoms. The Morgan fingerprint density at radius 3 is 2.18 bits per heavy atom. The number of hydrogen-bond donors (Lipinski definition) is 2. The van der Waals surface area contributed by atoms with Gasteiger partial charge in [-0.1, -0.05) is 54.6 Å². The molecule has 1 heterocycles. The van der Waals surface area contributed by atoms with E-state index in [0.717, 1.165) is 22.3 Å². The number of carbonyl (C=O) groups excluding carboxylic acids is 2. The molecule has 1 aliphatic carbocycles. The highest BCUT2D eigenvalue weighted by atomic mass is 16.5. The lowest BCUT2D eigenvalue weighted by Gasteiger charge is -2.32. The van der Waals surface area contributed by atoms with Gasteiger partial charge in [0.05, 0.1) is 5.92 Å². The summed E-state index contributed by atoms with van der Waals surface area (Å²) in [6.07, 6.45) is 2.01. The lowest BCUT2D eigenvalue weighted by Crippen LogP contribution is -2.51. The van der Waals surface area contributed by atoms with Gasteiger partial charge in [0.15, 0.2) is 0 Å². The van der Waals surface area contributed by atoms with Gasteiger partial charge in [-0.05, 0) is 41.5 Å². The van der Waals surface area contributed by atoms with Gasteiger partial charge in [0.2, 0.25) is 5.91 Å². The van der Waals surface area contributed by atoms with Crippen LogP contribution in [0, 0.1) is 5.92 Å². The van der Waals surface area contributed by atoms with E-state index in [4.69, 9.17) is 9.84 Å². The minimum Gasteiger partial charge on any atom is -0.481 e. The zero-order chi connectivity index (χ0) is 23.4. The van der Waals surface area contributed by atoms with E-state index in [0.29, 0.717) is 25.9 Å². The van der Waals surface area contributed by atoms with Crippen molar-refractivity contribution in [1.29, 1.82) is 0 Å². The third-order valence-electron chi connectivity index (χ3n) is 6.49. The van der Waals surface area contributed by atoms with Crippen molar-refractivity contribution in [3.8, 4) is 11.1 Å². The summed E-state index contributed by atoms with van der Waals surface area (Å²) in [6, 6.07) is 15.4. The predicted octanol–water partition coefficient (Wildman–Crippen LogP) is 3.79. The highest BCUT2D eigenvalue weighted by molar-refractivity contribution is 5.86. The molecule has 2 amide bonds. The topological polar surface area (TPSA) is 95.9 Å². The first-order chi connectivity index (χ1) is 16.0. The quantitative estimate of drug-likeness (QED) is 0.629. The van der Waals surface area contributed by atoms with Gasteiger partial charge in [0, 0.05) is 19.0 Å². The van der Waals surface area contributed by atoms with E-state index in [1.54, 1.807) is 11.0 Å². The molecule has 1 fully saturated rings. The van der Waals surface area contributed by atoms with Crippen LogP contribution in [-0.2, 0) is 14.3 Å². The number of benzene rings is 2. The zero-order valence-electron chi connectivity index (χ0n) is 18.4. The molecule has 2 aliphatic rings. The van der Waals surface area contributed by atoms with Crippen LogP contribution < -0.4 is 5.32 Å². The number of carboxylic acids is 1. The van der Waals surface area contributed by atoms with Crippen LogP contribution in [-0.4, -0.2) is 53.7 Å². The summed E-state index contributed by atoms with van der Waals surface area (Å²) in [4.78, 5) is 38.3. The fourth-order valence-electron chi connectivity index (χ4n) is 4.74. The van der Waals surface area contributed by atoms with Crippen LogP contribution in [0.2, 0.25) is 0 Å². The number of ether oxygens (including phenoxy) is 1. The van der Waals surface area contributed by atoms with Crippen molar-refractivity contribution in [2.24, 2.45) is 5.92 Å². The fraction of sp³-hybridized carbons (Fsp3) is 0.346. The van der Waals surface area contributed by atoms with Crippen molar-refractivity contribution in [3.05, 3.63) is 72.3 Å². The van der Waals surface area contributed by atoms with Crippen LogP contribution in [0.3, 0.4) is 0 Å². The number of carboxylic acid groups (broad SMARTS) is 1. The number of rotatable bonds is 7. The Morgan fingerprint density at radius 2 is 1.64 bits per heavy atom. The van der Waals surface area contributed by atoms with Gasteiger partial charge < -0.3 is 20.1 Å². The largest absolute Gasteiger partial charge is 0.481 e. The van der Waals surface area contributed by atoms with E-state index in [9.17, 15) is 14.4 Å². The number of nitrogens with one attached hydrogen (secondary N) is 1. The SMILES string of the molecule is C=CCC(NC(=O)OCC1c2ccccc2-c2ccccc21)C(=O)N1CCC(C(=O)O)CC1. The molecule has 1 atom stereocenters. The van der Waals surface area contributed by atoms with Crippen LogP contribution in [0.1, 0.15) is 36.3 Å². The average molecular weight is 449 g/mol. The molecule has 2 aromatic carbocycles. The standard InChI is InChI=1S/C26H28N2O5/c1-2-7-23(24(29)28-14-12-17(13-15-28)25(30)31)27-26(32)33-16-22-20-10-5-3-8-18(20)19-9-4-6-11-21(19)22/h2-6,8-11,17,22-23H,1,7,12-16H2,(H,27,32)(H,30,31). The molecule has 2 aromatic rings. The highest BCUT2D eigenvalue weighted by Gasteiger charge is 2.32.